The molecule has 0 saturated heterocycles. The number of ketones is 2. The molecule has 0 saturated carbocycles. The van der Waals surface area contributed by atoms with Gasteiger partial charge in [-0.3, -0.25) is 19.2 Å². The Morgan fingerprint density at radius 3 is 1.25 bits per heavy atom. The number of hydrogen-bond acceptors (Lipinski definition) is 14. The molecular formula is C39H39N2Na3O14S3. The molecule has 1 amide bonds. The van der Waals surface area contributed by atoms with Crippen molar-refractivity contribution in [1.82, 2.24) is 5.32 Å². The van der Waals surface area contributed by atoms with Gasteiger partial charge in [0, 0.05) is 18.8 Å². The second-order valence-electron chi connectivity index (χ2n) is 13.8. The zero-order chi connectivity index (χ0) is 43.0. The number of aliphatic carboxylic acids is 1. The number of hydrogen-bond donors (Lipinski definition) is 3. The number of carboxylic acids is 1. The summed E-state index contributed by atoms with van der Waals surface area (Å²) in [6.07, 6.45) is -1.77. The van der Waals surface area contributed by atoms with Crippen LogP contribution in [0.2, 0.25) is 0 Å². The van der Waals surface area contributed by atoms with Crippen LogP contribution in [0.1, 0.15) is 40.7 Å². The summed E-state index contributed by atoms with van der Waals surface area (Å²) in [5.74, 6) is -6.03. The summed E-state index contributed by atoms with van der Waals surface area (Å²) in [5, 5.41) is 12.7. The van der Waals surface area contributed by atoms with Gasteiger partial charge < -0.3 is 29.8 Å². The number of Topliss-reactive ketones (excluding diaryl/α,β-unsaturated/α-hetero) is 2. The van der Waals surface area contributed by atoms with E-state index in [4.69, 9.17) is 5.73 Å². The maximum absolute atomic E-state index is 14.1. The first kappa shape index (κ1) is 56.9. The van der Waals surface area contributed by atoms with Crippen LogP contribution in [0.25, 0.3) is 0 Å². The number of benzene rings is 4. The van der Waals surface area contributed by atoms with Crippen LogP contribution in [0, 0.1) is 18.8 Å². The number of rotatable bonds is 20. The molecular weight excluding hydrogens is 886 g/mol. The van der Waals surface area contributed by atoms with Gasteiger partial charge in [-0.25, -0.2) is 25.3 Å². The Balaban J connectivity index is 0.00000620. The number of nitrogens with two attached hydrogens (primary N) is 1. The van der Waals surface area contributed by atoms with Crippen LogP contribution in [-0.2, 0) is 75.2 Å². The Morgan fingerprint density at radius 2 is 0.869 bits per heavy atom. The van der Waals surface area contributed by atoms with Gasteiger partial charge in [0.1, 0.15) is 30.4 Å². The smallest absolute Gasteiger partial charge is 0.744 e. The van der Waals surface area contributed by atoms with E-state index in [1.54, 1.807) is 24.3 Å². The summed E-state index contributed by atoms with van der Waals surface area (Å²) in [4.78, 5) is 52.3. The molecule has 0 aliphatic heterocycles. The van der Waals surface area contributed by atoms with Crippen LogP contribution in [0.4, 0.5) is 0 Å². The second kappa shape index (κ2) is 24.8. The van der Waals surface area contributed by atoms with Crippen LogP contribution in [0.15, 0.2) is 112 Å². The molecule has 4 aromatic rings. The first-order chi connectivity index (χ1) is 27.0. The molecule has 61 heavy (non-hydrogen) atoms. The zero-order valence-electron chi connectivity index (χ0n) is 33.8. The Morgan fingerprint density at radius 1 is 0.541 bits per heavy atom. The van der Waals surface area contributed by atoms with Gasteiger partial charge >= 0.3 is 94.6 Å². The molecule has 4 unspecified atom stereocenters. The molecule has 0 aliphatic carbocycles. The Bertz CT molecular complexity index is 2470. The van der Waals surface area contributed by atoms with Crippen molar-refractivity contribution in [1.29, 1.82) is 0 Å². The molecule has 4 N–H and O–H groups in total. The van der Waals surface area contributed by atoms with E-state index in [-0.39, 0.29) is 120 Å². The average Bonchev–Trinajstić information content (AvgIpc) is 3.14. The number of carbonyl (C=O) groups is 4. The van der Waals surface area contributed by atoms with Gasteiger partial charge in [0.2, 0.25) is 5.91 Å². The minimum atomic E-state index is -4.82. The molecule has 0 bridgehead atoms. The molecule has 0 spiro atoms. The summed E-state index contributed by atoms with van der Waals surface area (Å²) in [5.41, 5.74) is 8.75. The van der Waals surface area contributed by atoms with Gasteiger partial charge in [-0.1, -0.05) is 66.2 Å². The molecule has 0 heterocycles. The van der Waals surface area contributed by atoms with E-state index in [0.717, 1.165) is 42.0 Å². The van der Waals surface area contributed by atoms with E-state index in [9.17, 15) is 63.2 Å². The van der Waals surface area contributed by atoms with Crippen LogP contribution in [-0.4, -0.2) is 79.5 Å². The van der Waals surface area contributed by atoms with E-state index in [2.05, 4.69) is 5.32 Å². The minimum absolute atomic E-state index is 0. The van der Waals surface area contributed by atoms with Crippen molar-refractivity contribution in [3.63, 3.8) is 0 Å². The van der Waals surface area contributed by atoms with Gasteiger partial charge in [0.25, 0.3) is 0 Å². The van der Waals surface area contributed by atoms with Gasteiger partial charge in [0.15, 0.2) is 11.6 Å². The molecule has 4 atom stereocenters. The van der Waals surface area contributed by atoms with E-state index in [1.807, 2.05) is 6.92 Å². The molecule has 0 aromatic heterocycles. The van der Waals surface area contributed by atoms with Crippen LogP contribution in [0.5, 0.6) is 0 Å². The van der Waals surface area contributed by atoms with Gasteiger partial charge in [0.05, 0.1) is 32.7 Å². The first-order valence-electron chi connectivity index (χ1n) is 17.5. The van der Waals surface area contributed by atoms with Crippen LogP contribution in [0.3, 0.4) is 0 Å². The third-order valence-corrected chi connectivity index (χ3v) is 11.9. The normalized spacial score (nSPS) is 13.5. The fourth-order valence-electron chi connectivity index (χ4n) is 6.09. The molecule has 22 heteroatoms. The van der Waals surface area contributed by atoms with Gasteiger partial charge in [-0.2, -0.15) is 0 Å². The number of carbonyl (C=O) groups excluding carboxylic acids is 3. The van der Waals surface area contributed by atoms with Crippen molar-refractivity contribution in [3.05, 3.63) is 125 Å². The number of amides is 1. The maximum Gasteiger partial charge on any atom is 1.00 e. The van der Waals surface area contributed by atoms with Crippen molar-refractivity contribution in [3.8, 4) is 0 Å². The standard InChI is InChI=1S/C39H42N2O14S3.3Na/c1-24-2-4-25(5-3-24)19-30(39(45)46)23-37(43)35(21-28-10-16-33(17-11-28)58(53,54)55)41-38(44)29(18-26-6-12-31(13-7-26)56(47,48)49)22-36(42)34(40)20-27-8-14-32(15-9-27)57(50,51)52;;;/h2-17,29-30,34-35H,18-23,40H2,1H3,(H,41,44)(H,45,46)(H,47,48,49)(H,50,51,52)(H,53,54,55);;;/q;3*+1/p-3. The van der Waals surface area contributed by atoms with Crippen molar-refractivity contribution in [2.45, 2.75) is 72.2 Å². The van der Waals surface area contributed by atoms with E-state index >= 15 is 0 Å². The molecule has 4 aromatic carbocycles. The van der Waals surface area contributed by atoms with Crippen LogP contribution >= 0.6 is 0 Å². The SMILES string of the molecule is Cc1ccc(CC(CC(=O)C(Cc2ccc(S(=O)(=O)[O-])cc2)NC(=O)C(CC(=O)C(N)Cc2ccc(S(=O)(=O)[O-])cc2)Cc2ccc(S(=O)(=O)[O-])cc2)C(=O)O)cc1.[Na+].[Na+].[Na+]. The van der Waals surface area contributed by atoms with Crippen molar-refractivity contribution >= 4 is 53.8 Å². The predicted octanol–water partition coefficient (Wildman–Crippen LogP) is -6.96. The molecule has 310 valence electrons. The molecule has 0 aliphatic rings. The summed E-state index contributed by atoms with van der Waals surface area (Å²) in [6, 6.07) is 18.1. The third-order valence-electron chi connectivity index (χ3n) is 9.35. The first-order valence-corrected chi connectivity index (χ1v) is 21.8. The monoisotopic (exact) mass is 924 g/mol. The number of aryl methyl sites for hydroxylation is 1. The van der Waals surface area contributed by atoms with Crippen molar-refractivity contribution < 1.29 is 152 Å². The average molecular weight is 925 g/mol. The summed E-state index contributed by atoms with van der Waals surface area (Å²) < 4.78 is 103. The largest absolute Gasteiger partial charge is 1.00 e. The molecule has 16 nitrogen and oxygen atoms in total. The van der Waals surface area contributed by atoms with E-state index < -0.39 is 105 Å². The fourth-order valence-corrected chi connectivity index (χ4v) is 7.50. The van der Waals surface area contributed by atoms with Crippen LogP contribution < -0.4 is 99.7 Å². The fraction of sp³-hybridized carbons (Fsp3) is 0.282. The van der Waals surface area contributed by atoms with Crippen molar-refractivity contribution in [2.75, 3.05) is 0 Å². The van der Waals surface area contributed by atoms with Gasteiger partial charge in [-0.05, 0) is 91.3 Å². The summed E-state index contributed by atoms with van der Waals surface area (Å²) in [6.45, 7) is 1.85. The number of nitrogens with one attached hydrogen (secondary N) is 1. The third kappa shape index (κ3) is 18.1. The predicted molar refractivity (Wildman–Crippen MR) is 203 cm³/mol. The maximum atomic E-state index is 14.1. The molecule has 0 fully saturated rings. The van der Waals surface area contributed by atoms with Crippen molar-refractivity contribution in [2.24, 2.45) is 17.6 Å². The Hall–Kier alpha value is -2.15. The molecule has 0 radical (unpaired) electrons. The summed E-state index contributed by atoms with van der Waals surface area (Å²) in [7, 11) is -14.4. The van der Waals surface area contributed by atoms with E-state index in [0.29, 0.717) is 16.7 Å². The minimum Gasteiger partial charge on any atom is -0.744 e. The van der Waals surface area contributed by atoms with Gasteiger partial charge in [-0.15, -0.1) is 0 Å². The second-order valence-corrected chi connectivity index (χ2v) is 18.0. The Labute approximate surface area is 421 Å². The summed E-state index contributed by atoms with van der Waals surface area (Å²) >= 11 is 0. The number of carboxylic acid groups (broad SMARTS) is 1. The molecule has 4 rings (SSSR count). The quantitative estimate of drug-likeness (QED) is 0.0548. The Kier molecular flexibility index (Phi) is 23.1. The van der Waals surface area contributed by atoms with E-state index in [1.165, 1.54) is 36.4 Å². The zero-order valence-corrected chi connectivity index (χ0v) is 42.3. The topological polar surface area (TPSA) is 298 Å².